The lowest BCUT2D eigenvalue weighted by Gasteiger charge is -2.31. The highest BCUT2D eigenvalue weighted by atomic mass is 16.3. The molecular formula is C23H24N4O2. The normalized spacial score (nSPS) is 15.4. The Morgan fingerprint density at radius 3 is 2.76 bits per heavy atom. The van der Waals surface area contributed by atoms with Gasteiger partial charge in [-0.15, -0.1) is 10.2 Å². The number of aromatic nitrogens is 3. The van der Waals surface area contributed by atoms with Gasteiger partial charge in [0.1, 0.15) is 11.4 Å². The first kappa shape index (κ1) is 17.9. The minimum absolute atomic E-state index is 0.162. The van der Waals surface area contributed by atoms with Gasteiger partial charge in [-0.1, -0.05) is 6.07 Å². The molecule has 1 aromatic carbocycles. The van der Waals surface area contributed by atoms with Crippen molar-refractivity contribution in [2.75, 3.05) is 13.1 Å². The number of amides is 1. The summed E-state index contributed by atoms with van der Waals surface area (Å²) in [5, 5.41) is 9.71. The lowest BCUT2D eigenvalue weighted by molar-refractivity contribution is -0.131. The maximum absolute atomic E-state index is 12.9. The number of furan rings is 1. The second-order valence-corrected chi connectivity index (χ2v) is 8.01. The molecule has 0 bridgehead atoms. The molecule has 5 rings (SSSR count). The average Bonchev–Trinajstić information content (AvgIpc) is 3.33. The van der Waals surface area contributed by atoms with Crippen LogP contribution in [-0.4, -0.2) is 38.5 Å². The minimum atomic E-state index is 0.162. The molecule has 4 heterocycles. The van der Waals surface area contributed by atoms with Crippen molar-refractivity contribution < 1.29 is 9.21 Å². The van der Waals surface area contributed by atoms with Crippen LogP contribution in [0, 0.1) is 13.8 Å². The number of aryl methyl sites for hydroxylation is 2. The van der Waals surface area contributed by atoms with E-state index in [0.29, 0.717) is 12.3 Å². The first-order valence-corrected chi connectivity index (χ1v) is 10.1. The number of hydrogen-bond acceptors (Lipinski definition) is 4. The number of piperidine rings is 1. The third-order valence-electron chi connectivity index (χ3n) is 6.16. The molecule has 1 aliphatic rings. The largest absolute Gasteiger partial charge is 0.464 e. The Balaban J connectivity index is 1.28. The van der Waals surface area contributed by atoms with Crippen molar-refractivity contribution in [1.29, 1.82) is 0 Å². The molecule has 0 unspecified atom stereocenters. The molecule has 1 saturated heterocycles. The zero-order valence-electron chi connectivity index (χ0n) is 16.8. The van der Waals surface area contributed by atoms with Crippen LogP contribution in [-0.2, 0) is 11.2 Å². The van der Waals surface area contributed by atoms with Crippen molar-refractivity contribution in [3.8, 4) is 0 Å². The van der Waals surface area contributed by atoms with E-state index in [1.165, 1.54) is 11.1 Å². The van der Waals surface area contributed by atoms with E-state index in [1.807, 2.05) is 35.4 Å². The highest BCUT2D eigenvalue weighted by Crippen LogP contribution is 2.29. The van der Waals surface area contributed by atoms with E-state index < -0.39 is 0 Å². The highest BCUT2D eigenvalue weighted by molar-refractivity contribution is 5.88. The molecule has 6 nitrogen and oxygen atoms in total. The summed E-state index contributed by atoms with van der Waals surface area (Å²) in [7, 11) is 0. The third kappa shape index (κ3) is 3.18. The Kier molecular flexibility index (Phi) is 4.34. The Morgan fingerprint density at radius 1 is 1.14 bits per heavy atom. The average molecular weight is 388 g/mol. The predicted octanol–water partition coefficient (Wildman–Crippen LogP) is 4.04. The van der Waals surface area contributed by atoms with Gasteiger partial charge in [0.05, 0.1) is 12.7 Å². The van der Waals surface area contributed by atoms with E-state index in [2.05, 4.69) is 34.5 Å². The van der Waals surface area contributed by atoms with Gasteiger partial charge in [-0.3, -0.25) is 9.20 Å². The molecule has 1 amide bonds. The van der Waals surface area contributed by atoms with Gasteiger partial charge in [-0.2, -0.15) is 0 Å². The summed E-state index contributed by atoms with van der Waals surface area (Å²) in [6, 6.07) is 10.1. The SMILES string of the molecule is Cc1cc2occ(CC(=O)N3CCC(c4nnc5ccccn45)CC3)c2cc1C. The highest BCUT2D eigenvalue weighted by Gasteiger charge is 2.27. The van der Waals surface area contributed by atoms with Gasteiger partial charge < -0.3 is 9.32 Å². The van der Waals surface area contributed by atoms with Crippen LogP contribution in [0.25, 0.3) is 16.6 Å². The van der Waals surface area contributed by atoms with Crippen molar-refractivity contribution in [2.24, 2.45) is 0 Å². The molecule has 1 aliphatic heterocycles. The molecule has 0 radical (unpaired) electrons. The maximum atomic E-state index is 12.9. The molecule has 0 N–H and O–H groups in total. The van der Waals surface area contributed by atoms with Crippen LogP contribution in [0.5, 0.6) is 0 Å². The monoisotopic (exact) mass is 388 g/mol. The van der Waals surface area contributed by atoms with Crippen molar-refractivity contribution in [1.82, 2.24) is 19.5 Å². The second-order valence-electron chi connectivity index (χ2n) is 8.01. The van der Waals surface area contributed by atoms with E-state index >= 15 is 0 Å². The standard InChI is InChI=1S/C23H24N4O2/c1-15-11-19-18(14-29-20(19)12-16(15)2)13-22(28)26-9-6-17(7-10-26)23-25-24-21-5-3-4-8-27(21)23/h3-5,8,11-12,14,17H,6-7,9-10,13H2,1-2H3. The molecule has 3 aromatic heterocycles. The molecular weight excluding hydrogens is 364 g/mol. The third-order valence-corrected chi connectivity index (χ3v) is 6.16. The van der Waals surface area contributed by atoms with Gasteiger partial charge in [-0.05, 0) is 62.1 Å². The molecule has 1 fully saturated rings. The number of rotatable bonds is 3. The van der Waals surface area contributed by atoms with Crippen LogP contribution in [0.15, 0.2) is 47.2 Å². The number of hydrogen-bond donors (Lipinski definition) is 0. The van der Waals surface area contributed by atoms with Crippen LogP contribution in [0.4, 0.5) is 0 Å². The predicted molar refractivity (Wildman–Crippen MR) is 111 cm³/mol. The van der Waals surface area contributed by atoms with Crippen LogP contribution < -0.4 is 0 Å². The van der Waals surface area contributed by atoms with Crippen LogP contribution in [0.2, 0.25) is 0 Å². The topological polar surface area (TPSA) is 63.6 Å². The fraction of sp³-hybridized carbons (Fsp3) is 0.348. The van der Waals surface area contributed by atoms with Crippen molar-refractivity contribution in [3.05, 3.63) is 65.3 Å². The van der Waals surface area contributed by atoms with Crippen molar-refractivity contribution in [3.63, 3.8) is 0 Å². The summed E-state index contributed by atoms with van der Waals surface area (Å²) in [6.07, 6.45) is 5.94. The second kappa shape index (κ2) is 7.03. The smallest absolute Gasteiger partial charge is 0.227 e. The molecule has 0 saturated carbocycles. The Labute approximate surface area is 169 Å². The van der Waals surface area contributed by atoms with Crippen LogP contribution in [0.3, 0.4) is 0 Å². The summed E-state index contributed by atoms with van der Waals surface area (Å²) >= 11 is 0. The minimum Gasteiger partial charge on any atom is -0.464 e. The van der Waals surface area contributed by atoms with Crippen molar-refractivity contribution in [2.45, 2.75) is 39.0 Å². The fourth-order valence-electron chi connectivity index (χ4n) is 4.27. The fourth-order valence-corrected chi connectivity index (χ4v) is 4.27. The lowest BCUT2D eigenvalue weighted by Crippen LogP contribution is -2.39. The molecule has 0 atom stereocenters. The summed E-state index contributed by atoms with van der Waals surface area (Å²) in [6.45, 7) is 5.66. The van der Waals surface area contributed by atoms with E-state index in [4.69, 9.17) is 4.42 Å². The molecule has 0 spiro atoms. The van der Waals surface area contributed by atoms with Gasteiger partial charge in [0.15, 0.2) is 5.65 Å². The number of fused-ring (bicyclic) bond motifs is 2. The number of carbonyl (C=O) groups is 1. The van der Waals surface area contributed by atoms with Gasteiger partial charge >= 0.3 is 0 Å². The first-order valence-electron chi connectivity index (χ1n) is 10.1. The molecule has 6 heteroatoms. The van der Waals surface area contributed by atoms with E-state index in [-0.39, 0.29) is 5.91 Å². The zero-order chi connectivity index (χ0) is 20.0. The summed E-state index contributed by atoms with van der Waals surface area (Å²) in [4.78, 5) is 14.9. The van der Waals surface area contributed by atoms with Crippen LogP contribution in [0.1, 0.15) is 41.3 Å². The lowest BCUT2D eigenvalue weighted by atomic mass is 9.95. The summed E-state index contributed by atoms with van der Waals surface area (Å²) in [5.74, 6) is 1.49. The molecule has 29 heavy (non-hydrogen) atoms. The number of pyridine rings is 1. The van der Waals surface area contributed by atoms with Crippen molar-refractivity contribution >= 4 is 22.5 Å². The Hall–Kier alpha value is -3.15. The number of benzene rings is 1. The summed E-state index contributed by atoms with van der Waals surface area (Å²) < 4.78 is 7.75. The van der Waals surface area contributed by atoms with Gasteiger partial charge in [-0.25, -0.2) is 0 Å². The van der Waals surface area contributed by atoms with E-state index in [0.717, 1.165) is 53.9 Å². The van der Waals surface area contributed by atoms with Gasteiger partial charge in [0, 0.05) is 36.2 Å². The molecule has 4 aromatic rings. The maximum Gasteiger partial charge on any atom is 0.227 e. The van der Waals surface area contributed by atoms with E-state index in [9.17, 15) is 4.79 Å². The number of likely N-dealkylation sites (tertiary alicyclic amines) is 1. The van der Waals surface area contributed by atoms with Gasteiger partial charge in [0.2, 0.25) is 5.91 Å². The number of nitrogens with zero attached hydrogens (tertiary/aromatic N) is 4. The zero-order valence-corrected chi connectivity index (χ0v) is 16.8. The Morgan fingerprint density at radius 2 is 1.93 bits per heavy atom. The quantitative estimate of drug-likeness (QED) is 0.531. The van der Waals surface area contributed by atoms with Gasteiger partial charge in [0.25, 0.3) is 0 Å². The molecule has 0 aliphatic carbocycles. The van der Waals surface area contributed by atoms with Crippen LogP contribution >= 0.6 is 0 Å². The first-order chi connectivity index (χ1) is 14.1. The van der Waals surface area contributed by atoms with E-state index in [1.54, 1.807) is 6.26 Å². The summed E-state index contributed by atoms with van der Waals surface area (Å²) in [5.41, 5.74) is 5.12. The Bertz CT molecular complexity index is 1200. The molecule has 148 valence electrons. The number of carbonyl (C=O) groups excluding carboxylic acids is 1.